The maximum Gasteiger partial charge on any atom is 0.312 e. The Bertz CT molecular complexity index is 644. The third kappa shape index (κ3) is 4.13. The van der Waals surface area contributed by atoms with Crippen LogP contribution in [0.1, 0.15) is 77.0 Å². The van der Waals surface area contributed by atoms with Crippen LogP contribution in [0.3, 0.4) is 0 Å². The number of rotatable bonds is 9. The largest absolute Gasteiger partial charge is 0.462 e. The summed E-state index contributed by atoms with van der Waals surface area (Å²) in [6.07, 6.45) is 13.2. The first kappa shape index (κ1) is 22.3. The summed E-state index contributed by atoms with van der Waals surface area (Å²) in [5.41, 5.74) is -0.563. The number of carbonyl (C=O) groups is 2. The number of carbonyl (C=O) groups excluding carboxylic acids is 2. The van der Waals surface area contributed by atoms with Crippen LogP contribution in [0.5, 0.6) is 0 Å². The maximum atomic E-state index is 13.2. The summed E-state index contributed by atoms with van der Waals surface area (Å²) in [6.45, 7) is 0.338. The number of methoxy groups -OCH3 is 1. The third-order valence-corrected chi connectivity index (χ3v) is 10.2. The van der Waals surface area contributed by atoms with Crippen LogP contribution in [-0.4, -0.2) is 45.2 Å². The number of hydrogen-bond acceptors (Lipinski definition) is 6. The summed E-state index contributed by atoms with van der Waals surface area (Å²) in [7, 11) is 1.57. The normalized spacial score (nSPS) is 45.2. The lowest BCUT2D eigenvalue weighted by Gasteiger charge is -2.55. The summed E-state index contributed by atoms with van der Waals surface area (Å²) in [5.74, 6) is 4.09. The molecule has 0 spiro atoms. The smallest absolute Gasteiger partial charge is 0.312 e. The summed E-state index contributed by atoms with van der Waals surface area (Å²) < 4.78 is 22.6. The van der Waals surface area contributed by atoms with E-state index in [1.54, 1.807) is 7.11 Å². The van der Waals surface area contributed by atoms with E-state index in [-0.39, 0.29) is 42.8 Å². The van der Waals surface area contributed by atoms with Crippen molar-refractivity contribution in [1.82, 2.24) is 0 Å². The van der Waals surface area contributed by atoms with Gasteiger partial charge in [-0.25, -0.2) is 0 Å². The fourth-order valence-corrected chi connectivity index (χ4v) is 9.67. The van der Waals surface area contributed by atoms with Gasteiger partial charge in [0.1, 0.15) is 26.1 Å². The molecular weight excluding hydrogens is 420 g/mol. The van der Waals surface area contributed by atoms with E-state index in [1.807, 2.05) is 0 Å². The lowest BCUT2D eigenvalue weighted by Crippen LogP contribution is -2.51. The molecule has 0 radical (unpaired) electrons. The van der Waals surface area contributed by atoms with Crippen LogP contribution in [0.15, 0.2) is 0 Å². The van der Waals surface area contributed by atoms with Crippen molar-refractivity contribution in [2.45, 2.75) is 83.2 Å². The Balaban J connectivity index is 1.05. The first-order valence-electron chi connectivity index (χ1n) is 13.4. The SMILES string of the molecule is COCOC(COC(=O)C12CC3CC(CC(C3)C1)C2)COC(=O)C12CC3CC(CC(C3)C1)C2. The van der Waals surface area contributed by atoms with Gasteiger partial charge >= 0.3 is 11.9 Å². The lowest BCUT2D eigenvalue weighted by atomic mass is 9.49. The van der Waals surface area contributed by atoms with Crippen LogP contribution in [0.25, 0.3) is 0 Å². The highest BCUT2D eigenvalue weighted by molar-refractivity contribution is 5.78. The summed E-state index contributed by atoms with van der Waals surface area (Å²) in [5, 5.41) is 0. The zero-order valence-corrected chi connectivity index (χ0v) is 20.1. The van der Waals surface area contributed by atoms with Crippen molar-refractivity contribution >= 4 is 11.9 Å². The van der Waals surface area contributed by atoms with Gasteiger partial charge in [0.05, 0.1) is 10.8 Å². The summed E-state index contributed by atoms with van der Waals surface area (Å²) >= 11 is 0. The summed E-state index contributed by atoms with van der Waals surface area (Å²) in [6, 6.07) is 0. The molecule has 8 saturated carbocycles. The molecule has 8 rings (SSSR count). The number of esters is 2. The van der Waals surface area contributed by atoms with Crippen molar-refractivity contribution in [3.63, 3.8) is 0 Å². The molecule has 0 N–H and O–H groups in total. The van der Waals surface area contributed by atoms with Crippen molar-refractivity contribution in [3.05, 3.63) is 0 Å². The molecule has 0 saturated heterocycles. The van der Waals surface area contributed by atoms with Crippen molar-refractivity contribution in [2.75, 3.05) is 27.1 Å². The topological polar surface area (TPSA) is 71.1 Å². The molecule has 0 atom stereocenters. The zero-order chi connectivity index (χ0) is 22.6. The fourth-order valence-electron chi connectivity index (χ4n) is 9.67. The van der Waals surface area contributed by atoms with E-state index >= 15 is 0 Å². The second-order valence-corrected chi connectivity index (χ2v) is 12.8. The molecule has 8 fully saturated rings. The predicted octanol–water partition coefficient (Wildman–Crippen LogP) is 4.49. The molecule has 184 valence electrons. The van der Waals surface area contributed by atoms with E-state index in [0.717, 1.165) is 38.5 Å². The van der Waals surface area contributed by atoms with E-state index in [0.29, 0.717) is 35.5 Å². The molecule has 33 heavy (non-hydrogen) atoms. The van der Waals surface area contributed by atoms with Gasteiger partial charge in [-0.3, -0.25) is 9.59 Å². The Morgan fingerprint density at radius 2 is 1.00 bits per heavy atom. The molecule has 8 aliphatic rings. The molecule has 0 aliphatic heterocycles. The van der Waals surface area contributed by atoms with Gasteiger partial charge < -0.3 is 18.9 Å². The van der Waals surface area contributed by atoms with Gasteiger partial charge in [0, 0.05) is 7.11 Å². The second kappa shape index (κ2) is 8.51. The van der Waals surface area contributed by atoms with Crippen molar-refractivity contribution in [3.8, 4) is 0 Å². The minimum atomic E-state index is -0.485. The van der Waals surface area contributed by atoms with Gasteiger partial charge in [0.25, 0.3) is 0 Å². The van der Waals surface area contributed by atoms with Crippen molar-refractivity contribution in [2.24, 2.45) is 46.3 Å². The van der Waals surface area contributed by atoms with Gasteiger partial charge in [-0.15, -0.1) is 0 Å². The van der Waals surface area contributed by atoms with E-state index < -0.39 is 6.10 Å². The van der Waals surface area contributed by atoms with Crippen molar-refractivity contribution in [1.29, 1.82) is 0 Å². The van der Waals surface area contributed by atoms with Gasteiger partial charge in [0.2, 0.25) is 0 Å². The molecule has 0 unspecified atom stereocenters. The van der Waals surface area contributed by atoms with Gasteiger partial charge in [-0.2, -0.15) is 0 Å². The molecule has 8 bridgehead atoms. The highest BCUT2D eigenvalue weighted by Crippen LogP contribution is 2.61. The standard InChI is InChI=1S/C27H40O6/c1-30-16-33-23(14-31-24(28)26-8-17-2-18(9-26)4-19(3-17)10-26)15-32-25(29)27-11-20-5-21(12-27)7-22(6-20)13-27/h17-23H,2-16H2,1H3. The fraction of sp³-hybridized carbons (Fsp3) is 0.926. The summed E-state index contributed by atoms with van der Waals surface area (Å²) in [4.78, 5) is 26.5. The van der Waals surface area contributed by atoms with Gasteiger partial charge in [-0.1, -0.05) is 0 Å². The quantitative estimate of drug-likeness (QED) is 0.373. The number of hydrogen-bond donors (Lipinski definition) is 0. The van der Waals surface area contributed by atoms with E-state index in [2.05, 4.69) is 0 Å². The Kier molecular flexibility index (Phi) is 5.76. The molecule has 0 amide bonds. The van der Waals surface area contributed by atoms with Crippen LogP contribution < -0.4 is 0 Å². The third-order valence-electron chi connectivity index (χ3n) is 10.2. The monoisotopic (exact) mass is 460 g/mol. The predicted molar refractivity (Wildman–Crippen MR) is 120 cm³/mol. The number of ether oxygens (including phenoxy) is 4. The van der Waals surface area contributed by atoms with E-state index in [4.69, 9.17) is 18.9 Å². The molecule has 6 heteroatoms. The molecule has 0 aromatic rings. The first-order chi connectivity index (χ1) is 16.0. The average molecular weight is 461 g/mol. The Morgan fingerprint density at radius 1 is 0.667 bits per heavy atom. The maximum absolute atomic E-state index is 13.2. The van der Waals surface area contributed by atoms with Crippen molar-refractivity contribution < 1.29 is 28.5 Å². The van der Waals surface area contributed by atoms with Crippen LogP contribution in [-0.2, 0) is 28.5 Å². The molecule has 0 aromatic heterocycles. The highest BCUT2D eigenvalue weighted by atomic mass is 16.7. The van der Waals surface area contributed by atoms with Crippen LogP contribution in [0.2, 0.25) is 0 Å². The molecule has 6 nitrogen and oxygen atoms in total. The van der Waals surface area contributed by atoms with Gasteiger partial charge in [0.15, 0.2) is 0 Å². The minimum absolute atomic E-state index is 0.0555. The lowest BCUT2D eigenvalue weighted by molar-refractivity contribution is -0.187. The molecular formula is C27H40O6. The van der Waals surface area contributed by atoms with Gasteiger partial charge in [-0.05, 0) is 113 Å². The minimum Gasteiger partial charge on any atom is -0.462 e. The van der Waals surface area contributed by atoms with Crippen LogP contribution in [0.4, 0.5) is 0 Å². The van der Waals surface area contributed by atoms with Crippen LogP contribution >= 0.6 is 0 Å². The Morgan fingerprint density at radius 3 is 1.30 bits per heavy atom. The molecule has 0 heterocycles. The van der Waals surface area contributed by atoms with E-state index in [9.17, 15) is 9.59 Å². The Hall–Kier alpha value is -1.14. The first-order valence-corrected chi connectivity index (χ1v) is 13.4. The average Bonchev–Trinajstić information content (AvgIpc) is 2.76. The van der Waals surface area contributed by atoms with Crippen LogP contribution in [0, 0.1) is 46.3 Å². The zero-order valence-electron chi connectivity index (χ0n) is 20.1. The Labute approximate surface area is 197 Å². The highest BCUT2D eigenvalue weighted by Gasteiger charge is 2.57. The molecule has 0 aromatic carbocycles. The molecule has 8 aliphatic carbocycles. The van der Waals surface area contributed by atoms with E-state index in [1.165, 1.54) is 38.5 Å². The second-order valence-electron chi connectivity index (χ2n) is 12.8.